The second-order valence-electron chi connectivity index (χ2n) is 10.9. The molecule has 2 nitrogen and oxygen atoms in total. The zero-order valence-electron chi connectivity index (χ0n) is 22.4. The van der Waals surface area contributed by atoms with Crippen molar-refractivity contribution in [2.24, 2.45) is 17.3 Å². The highest BCUT2D eigenvalue weighted by Crippen LogP contribution is 2.41. The van der Waals surface area contributed by atoms with Gasteiger partial charge in [-0.2, -0.15) is 0 Å². The molecule has 0 rings (SSSR count). The first-order valence-corrected chi connectivity index (χ1v) is 12.9. The summed E-state index contributed by atoms with van der Waals surface area (Å²) >= 11 is 0. The van der Waals surface area contributed by atoms with E-state index in [0.29, 0.717) is 6.10 Å². The van der Waals surface area contributed by atoms with E-state index in [1.807, 2.05) is 0 Å². The third kappa shape index (κ3) is 12.5. The molecule has 30 heavy (non-hydrogen) atoms. The summed E-state index contributed by atoms with van der Waals surface area (Å²) in [6.45, 7) is 24.7. The van der Waals surface area contributed by atoms with Gasteiger partial charge in [-0.15, -0.1) is 0 Å². The highest BCUT2D eigenvalue weighted by atomic mass is 16.5. The van der Waals surface area contributed by atoms with Crippen LogP contribution in [0.1, 0.15) is 127 Å². The topological polar surface area (TPSA) is 18.5 Å². The molecule has 0 aliphatic heterocycles. The molecule has 0 aromatic rings. The van der Waals surface area contributed by atoms with E-state index in [0.717, 1.165) is 44.3 Å². The number of hydrogen-bond acceptors (Lipinski definition) is 2. The van der Waals surface area contributed by atoms with Gasteiger partial charge in [0.2, 0.25) is 0 Å². The van der Waals surface area contributed by atoms with Gasteiger partial charge in [-0.3, -0.25) is 0 Å². The molecule has 0 amide bonds. The van der Waals surface area contributed by atoms with Crippen LogP contribution in [0.15, 0.2) is 11.6 Å². The molecule has 2 heteroatoms. The molecule has 0 radical (unpaired) electrons. The van der Waals surface area contributed by atoms with E-state index in [4.69, 9.17) is 9.47 Å². The van der Waals surface area contributed by atoms with Gasteiger partial charge in [0.05, 0.1) is 11.7 Å². The first-order valence-electron chi connectivity index (χ1n) is 12.9. The lowest BCUT2D eigenvalue weighted by Crippen LogP contribution is -2.44. The predicted molar refractivity (Wildman–Crippen MR) is 134 cm³/mol. The molecule has 0 N–H and O–H groups in total. The first-order chi connectivity index (χ1) is 14.0. The van der Waals surface area contributed by atoms with Gasteiger partial charge in [-0.05, 0) is 89.9 Å². The van der Waals surface area contributed by atoms with Crippen LogP contribution < -0.4 is 0 Å². The Morgan fingerprint density at radius 3 is 2.03 bits per heavy atom. The third-order valence-corrected chi connectivity index (χ3v) is 7.44. The van der Waals surface area contributed by atoms with E-state index in [1.165, 1.54) is 44.1 Å². The van der Waals surface area contributed by atoms with Crippen molar-refractivity contribution < 1.29 is 9.47 Å². The lowest BCUT2D eigenvalue weighted by molar-refractivity contribution is -0.120. The number of rotatable bonds is 18. The van der Waals surface area contributed by atoms with Crippen LogP contribution in [0.25, 0.3) is 0 Å². The van der Waals surface area contributed by atoms with Crippen molar-refractivity contribution >= 4 is 0 Å². The van der Waals surface area contributed by atoms with Crippen molar-refractivity contribution in [2.75, 3.05) is 13.2 Å². The minimum atomic E-state index is -0.0461. The normalized spacial score (nSPS) is 17.3. The molecule has 4 unspecified atom stereocenters. The van der Waals surface area contributed by atoms with Gasteiger partial charge >= 0.3 is 0 Å². The smallest absolute Gasteiger partial charge is 0.0702 e. The van der Waals surface area contributed by atoms with Crippen LogP contribution in [-0.4, -0.2) is 24.9 Å². The van der Waals surface area contributed by atoms with Crippen molar-refractivity contribution in [3.8, 4) is 0 Å². The molecule has 0 fully saturated rings. The summed E-state index contributed by atoms with van der Waals surface area (Å²) in [7, 11) is 0. The average molecular weight is 425 g/mol. The van der Waals surface area contributed by atoms with Crippen LogP contribution in [0.4, 0.5) is 0 Å². The summed E-state index contributed by atoms with van der Waals surface area (Å²) in [5.41, 5.74) is 1.58. The van der Waals surface area contributed by atoms with Gasteiger partial charge in [0.25, 0.3) is 0 Å². The van der Waals surface area contributed by atoms with E-state index in [-0.39, 0.29) is 11.0 Å². The summed E-state index contributed by atoms with van der Waals surface area (Å²) in [4.78, 5) is 0. The molecule has 0 spiro atoms. The Labute approximate surface area is 190 Å². The molecular weight excluding hydrogens is 368 g/mol. The van der Waals surface area contributed by atoms with Gasteiger partial charge in [0.15, 0.2) is 0 Å². The van der Waals surface area contributed by atoms with Crippen LogP contribution in [0.5, 0.6) is 0 Å². The minimum Gasteiger partial charge on any atom is -0.379 e. The molecule has 0 aromatic carbocycles. The van der Waals surface area contributed by atoms with Crippen LogP contribution >= 0.6 is 0 Å². The quantitative estimate of drug-likeness (QED) is 0.204. The first kappa shape index (κ1) is 29.7. The lowest BCUT2D eigenvalue weighted by atomic mass is 9.70. The minimum absolute atomic E-state index is 0.0461. The Hall–Kier alpha value is -0.340. The third-order valence-electron chi connectivity index (χ3n) is 7.44. The Balaban J connectivity index is 4.34. The van der Waals surface area contributed by atoms with Crippen molar-refractivity contribution in [1.29, 1.82) is 0 Å². The van der Waals surface area contributed by atoms with Gasteiger partial charge in [-0.1, -0.05) is 66.0 Å². The largest absolute Gasteiger partial charge is 0.379 e. The van der Waals surface area contributed by atoms with E-state index >= 15 is 0 Å². The van der Waals surface area contributed by atoms with Crippen LogP contribution in [0.2, 0.25) is 0 Å². The van der Waals surface area contributed by atoms with Crippen LogP contribution in [-0.2, 0) is 9.47 Å². The van der Waals surface area contributed by atoms with E-state index < -0.39 is 0 Å². The maximum absolute atomic E-state index is 6.57. The van der Waals surface area contributed by atoms with Crippen LogP contribution in [0, 0.1) is 17.3 Å². The standard InChI is InChI=1S/C28H56O2/c1-11-26(7)29-21-18-25(6)17-14-20-27(8,9)28(10,12-2)30-22-19-24(5)16-13-15-23(3)4/h15,24-26H,11-14,16-22H2,1-10H3. The second kappa shape index (κ2) is 15.5. The van der Waals surface area contributed by atoms with Crippen LogP contribution in [0.3, 0.4) is 0 Å². The molecule has 0 bridgehead atoms. The summed E-state index contributed by atoms with van der Waals surface area (Å²) in [6.07, 6.45) is 13.5. The molecule has 0 aromatic heterocycles. The lowest BCUT2D eigenvalue weighted by Gasteiger charge is -2.44. The Morgan fingerprint density at radius 2 is 1.47 bits per heavy atom. The Kier molecular flexibility index (Phi) is 15.3. The zero-order chi connectivity index (χ0) is 23.2. The maximum atomic E-state index is 6.57. The van der Waals surface area contributed by atoms with Crippen molar-refractivity contribution in [2.45, 2.75) is 139 Å². The van der Waals surface area contributed by atoms with Crippen molar-refractivity contribution in [3.63, 3.8) is 0 Å². The SMILES string of the molecule is CCC(C)OCCC(C)CCCC(C)(C)C(C)(CC)OCCC(C)CCC=C(C)C. The second-order valence-corrected chi connectivity index (χ2v) is 10.9. The van der Waals surface area contributed by atoms with E-state index in [2.05, 4.69) is 75.3 Å². The zero-order valence-corrected chi connectivity index (χ0v) is 22.4. The molecular formula is C28H56O2. The molecule has 0 aliphatic rings. The predicted octanol–water partition coefficient (Wildman–Crippen LogP) is 8.98. The highest BCUT2D eigenvalue weighted by Gasteiger charge is 2.40. The number of ether oxygens (including phenoxy) is 2. The van der Waals surface area contributed by atoms with Crippen molar-refractivity contribution in [1.82, 2.24) is 0 Å². The Bertz CT molecular complexity index is 450. The van der Waals surface area contributed by atoms with Gasteiger partial charge in [-0.25, -0.2) is 0 Å². The molecule has 0 aliphatic carbocycles. The molecule has 0 saturated heterocycles. The number of hydrogen-bond donors (Lipinski definition) is 0. The maximum Gasteiger partial charge on any atom is 0.0702 e. The van der Waals surface area contributed by atoms with Crippen molar-refractivity contribution in [3.05, 3.63) is 11.6 Å². The summed E-state index contributed by atoms with van der Waals surface area (Å²) in [5.74, 6) is 1.46. The van der Waals surface area contributed by atoms with Gasteiger partial charge < -0.3 is 9.47 Å². The molecule has 0 saturated carbocycles. The number of allylic oxidation sites excluding steroid dienone is 2. The fourth-order valence-electron chi connectivity index (χ4n) is 3.95. The molecule has 4 atom stereocenters. The highest BCUT2D eigenvalue weighted by molar-refractivity contribution is 4.93. The van der Waals surface area contributed by atoms with Gasteiger partial charge in [0, 0.05) is 13.2 Å². The van der Waals surface area contributed by atoms with E-state index in [1.54, 1.807) is 0 Å². The summed E-state index contributed by atoms with van der Waals surface area (Å²) in [6, 6.07) is 0. The monoisotopic (exact) mass is 424 g/mol. The van der Waals surface area contributed by atoms with Gasteiger partial charge in [0.1, 0.15) is 0 Å². The summed E-state index contributed by atoms with van der Waals surface area (Å²) in [5, 5.41) is 0. The fraction of sp³-hybridized carbons (Fsp3) is 0.929. The molecule has 0 heterocycles. The summed E-state index contributed by atoms with van der Waals surface area (Å²) < 4.78 is 12.4. The molecule has 180 valence electrons. The van der Waals surface area contributed by atoms with E-state index in [9.17, 15) is 0 Å². The Morgan fingerprint density at radius 1 is 0.867 bits per heavy atom. The average Bonchev–Trinajstić information content (AvgIpc) is 2.66. The fourth-order valence-corrected chi connectivity index (χ4v) is 3.95.